The van der Waals surface area contributed by atoms with Crippen LogP contribution in [-0.2, 0) is 11.3 Å². The number of hydrogen-bond donors (Lipinski definition) is 0. The molecule has 168 valence electrons. The molecular formula is C26H25N3O4. The number of carbonyl (C=O) groups is 1. The smallest absolute Gasteiger partial charge is 0.337 e. The topological polar surface area (TPSA) is 73.7 Å². The Hall–Kier alpha value is -4.13. The molecule has 7 nitrogen and oxygen atoms in total. The van der Waals surface area contributed by atoms with Crippen LogP contribution in [0.4, 0.5) is 5.95 Å². The van der Waals surface area contributed by atoms with Gasteiger partial charge in [-0.25, -0.2) is 14.3 Å². The third-order valence-corrected chi connectivity index (χ3v) is 5.48. The minimum atomic E-state index is -0.476. The van der Waals surface area contributed by atoms with Gasteiger partial charge >= 0.3 is 5.97 Å². The van der Waals surface area contributed by atoms with Gasteiger partial charge in [-0.1, -0.05) is 30.3 Å². The summed E-state index contributed by atoms with van der Waals surface area (Å²) in [5, 5.41) is 0.415. The van der Waals surface area contributed by atoms with E-state index in [4.69, 9.17) is 14.5 Å². The van der Waals surface area contributed by atoms with E-state index < -0.39 is 5.97 Å². The Morgan fingerprint density at radius 3 is 2.36 bits per heavy atom. The van der Waals surface area contributed by atoms with Crippen molar-refractivity contribution in [1.29, 1.82) is 0 Å². The summed E-state index contributed by atoms with van der Waals surface area (Å²) < 4.78 is 11.7. The molecule has 0 amide bonds. The maximum absolute atomic E-state index is 13.7. The molecule has 0 aliphatic carbocycles. The number of aromatic nitrogens is 2. The van der Waals surface area contributed by atoms with Crippen molar-refractivity contribution in [2.75, 3.05) is 25.7 Å². The standard InChI is InChI=1S/C26H25N3O4/c1-4-28(17-18-8-6-5-7-9-18)26-27-23-16-19(25(31)33-3)10-15-22(23)24(30)29(26)20-11-13-21(32-2)14-12-20/h5-16H,4,17H2,1-3H3. The minimum Gasteiger partial charge on any atom is -0.497 e. The number of anilines is 1. The van der Waals surface area contributed by atoms with E-state index in [0.29, 0.717) is 46.9 Å². The molecule has 0 fully saturated rings. The highest BCUT2D eigenvalue weighted by Crippen LogP contribution is 2.23. The number of methoxy groups -OCH3 is 2. The number of rotatable bonds is 7. The first kappa shape index (κ1) is 22.1. The van der Waals surface area contributed by atoms with Crippen molar-refractivity contribution in [3.8, 4) is 11.4 Å². The summed E-state index contributed by atoms with van der Waals surface area (Å²) in [6.07, 6.45) is 0. The van der Waals surface area contributed by atoms with Gasteiger partial charge in [0, 0.05) is 13.1 Å². The van der Waals surface area contributed by atoms with E-state index in [9.17, 15) is 9.59 Å². The predicted molar refractivity (Wildman–Crippen MR) is 128 cm³/mol. The molecule has 0 atom stereocenters. The second kappa shape index (κ2) is 9.56. The quantitative estimate of drug-likeness (QED) is 0.399. The monoisotopic (exact) mass is 443 g/mol. The van der Waals surface area contributed by atoms with Gasteiger partial charge in [0.1, 0.15) is 5.75 Å². The van der Waals surface area contributed by atoms with E-state index in [1.807, 2.05) is 66.4 Å². The lowest BCUT2D eigenvalue weighted by Gasteiger charge is -2.26. The first-order valence-electron chi connectivity index (χ1n) is 10.6. The molecule has 1 aromatic heterocycles. The van der Waals surface area contributed by atoms with Crippen molar-refractivity contribution in [3.63, 3.8) is 0 Å². The van der Waals surface area contributed by atoms with Gasteiger partial charge in [0.25, 0.3) is 5.56 Å². The number of esters is 1. The zero-order valence-electron chi connectivity index (χ0n) is 18.8. The average molecular weight is 444 g/mol. The largest absolute Gasteiger partial charge is 0.497 e. The van der Waals surface area contributed by atoms with Crippen LogP contribution in [0.25, 0.3) is 16.6 Å². The molecule has 0 radical (unpaired) electrons. The maximum Gasteiger partial charge on any atom is 0.337 e. The number of ether oxygens (including phenoxy) is 2. The first-order valence-corrected chi connectivity index (χ1v) is 10.6. The third kappa shape index (κ3) is 4.43. The minimum absolute atomic E-state index is 0.219. The molecule has 4 aromatic rings. The van der Waals surface area contributed by atoms with E-state index >= 15 is 0 Å². The normalized spacial score (nSPS) is 10.8. The number of hydrogen-bond acceptors (Lipinski definition) is 6. The molecule has 0 N–H and O–H groups in total. The lowest BCUT2D eigenvalue weighted by Crippen LogP contribution is -2.32. The van der Waals surface area contributed by atoms with Crippen LogP contribution in [0.3, 0.4) is 0 Å². The molecule has 4 rings (SSSR count). The Balaban J connectivity index is 1.94. The van der Waals surface area contributed by atoms with Crippen molar-refractivity contribution in [1.82, 2.24) is 9.55 Å². The van der Waals surface area contributed by atoms with Crippen LogP contribution in [0.2, 0.25) is 0 Å². The molecule has 0 bridgehead atoms. The summed E-state index contributed by atoms with van der Waals surface area (Å²) in [5.41, 5.74) is 2.33. The van der Waals surface area contributed by atoms with Gasteiger partial charge in [-0.2, -0.15) is 0 Å². The Morgan fingerprint density at radius 2 is 1.73 bits per heavy atom. The first-order chi connectivity index (χ1) is 16.0. The van der Waals surface area contributed by atoms with E-state index in [0.717, 1.165) is 5.56 Å². The van der Waals surface area contributed by atoms with Crippen LogP contribution in [-0.4, -0.2) is 36.3 Å². The van der Waals surface area contributed by atoms with Crippen molar-refractivity contribution in [2.45, 2.75) is 13.5 Å². The highest BCUT2D eigenvalue weighted by atomic mass is 16.5. The van der Waals surface area contributed by atoms with Gasteiger partial charge in [0.15, 0.2) is 0 Å². The SMILES string of the molecule is CCN(Cc1ccccc1)c1nc2cc(C(=O)OC)ccc2c(=O)n1-c1ccc(OC)cc1. The van der Waals surface area contributed by atoms with Gasteiger partial charge in [0.05, 0.1) is 36.4 Å². The average Bonchev–Trinajstić information content (AvgIpc) is 2.87. The van der Waals surface area contributed by atoms with Crippen LogP contribution in [0.1, 0.15) is 22.8 Å². The van der Waals surface area contributed by atoms with Crippen LogP contribution in [0, 0.1) is 0 Å². The van der Waals surface area contributed by atoms with Crippen LogP contribution >= 0.6 is 0 Å². The van der Waals surface area contributed by atoms with Crippen LogP contribution in [0.5, 0.6) is 5.75 Å². The number of carbonyl (C=O) groups excluding carboxylic acids is 1. The molecule has 7 heteroatoms. The molecule has 0 saturated carbocycles. The zero-order chi connectivity index (χ0) is 23.4. The van der Waals surface area contributed by atoms with Crippen LogP contribution in [0.15, 0.2) is 77.6 Å². The van der Waals surface area contributed by atoms with Crippen molar-refractivity contribution < 1.29 is 14.3 Å². The molecule has 3 aromatic carbocycles. The molecule has 0 unspecified atom stereocenters. The lowest BCUT2D eigenvalue weighted by molar-refractivity contribution is 0.0601. The Labute approximate surface area is 191 Å². The third-order valence-electron chi connectivity index (χ3n) is 5.48. The summed E-state index contributed by atoms with van der Waals surface area (Å²) in [6, 6.07) is 22.1. The van der Waals surface area contributed by atoms with Crippen LogP contribution < -0.4 is 15.2 Å². The fourth-order valence-electron chi connectivity index (χ4n) is 3.72. The Morgan fingerprint density at radius 1 is 1.00 bits per heavy atom. The molecule has 1 heterocycles. The molecule has 0 aliphatic heterocycles. The second-order valence-corrected chi connectivity index (χ2v) is 7.47. The van der Waals surface area contributed by atoms with Crippen molar-refractivity contribution >= 4 is 22.8 Å². The van der Waals surface area contributed by atoms with Crippen molar-refractivity contribution in [2.24, 2.45) is 0 Å². The molecule has 33 heavy (non-hydrogen) atoms. The fourth-order valence-corrected chi connectivity index (χ4v) is 3.72. The summed E-state index contributed by atoms with van der Waals surface area (Å²) >= 11 is 0. The van der Waals surface area contributed by atoms with Gasteiger partial charge in [-0.3, -0.25) is 4.79 Å². The molecule has 0 aliphatic rings. The zero-order valence-corrected chi connectivity index (χ0v) is 18.8. The second-order valence-electron chi connectivity index (χ2n) is 7.47. The lowest BCUT2D eigenvalue weighted by atomic mass is 10.1. The summed E-state index contributed by atoms with van der Waals surface area (Å²) in [6.45, 7) is 3.21. The maximum atomic E-state index is 13.7. The van der Waals surface area contributed by atoms with Gasteiger partial charge in [-0.05, 0) is 55.0 Å². The number of nitrogens with zero attached hydrogens (tertiary/aromatic N) is 3. The number of benzene rings is 3. The Kier molecular flexibility index (Phi) is 6.40. The Bertz CT molecular complexity index is 1330. The van der Waals surface area contributed by atoms with Crippen molar-refractivity contribution in [3.05, 3.63) is 94.3 Å². The summed E-state index contributed by atoms with van der Waals surface area (Å²) in [4.78, 5) is 32.6. The van der Waals surface area contributed by atoms with E-state index in [1.54, 1.807) is 29.9 Å². The van der Waals surface area contributed by atoms with Gasteiger partial charge in [0.2, 0.25) is 5.95 Å². The van der Waals surface area contributed by atoms with Gasteiger partial charge in [-0.15, -0.1) is 0 Å². The summed E-state index contributed by atoms with van der Waals surface area (Å²) in [7, 11) is 2.92. The van der Waals surface area contributed by atoms with E-state index in [2.05, 4.69) is 0 Å². The molecular weight excluding hydrogens is 418 g/mol. The highest BCUT2D eigenvalue weighted by Gasteiger charge is 2.19. The molecule has 0 saturated heterocycles. The van der Waals surface area contributed by atoms with Gasteiger partial charge < -0.3 is 14.4 Å². The van der Waals surface area contributed by atoms with E-state index in [1.165, 1.54) is 7.11 Å². The predicted octanol–water partition coefficient (Wildman–Crippen LogP) is 4.21. The fraction of sp³-hybridized carbons (Fsp3) is 0.192. The summed E-state index contributed by atoms with van der Waals surface area (Å²) in [5.74, 6) is 0.712. The number of fused-ring (bicyclic) bond motifs is 1. The molecule has 0 spiro atoms. The highest BCUT2D eigenvalue weighted by molar-refractivity contribution is 5.94. The van der Waals surface area contributed by atoms with E-state index in [-0.39, 0.29) is 5.56 Å².